The number of aromatic amines is 1. The predicted molar refractivity (Wildman–Crippen MR) is 158 cm³/mol. The summed E-state index contributed by atoms with van der Waals surface area (Å²) in [4.78, 5) is 28.0. The molecule has 0 unspecified atom stereocenters. The van der Waals surface area contributed by atoms with Crippen LogP contribution in [0.15, 0.2) is 76.6 Å². The summed E-state index contributed by atoms with van der Waals surface area (Å²) in [7, 11) is -3.89. The molecule has 1 aliphatic heterocycles. The van der Waals surface area contributed by atoms with Crippen LogP contribution in [0.3, 0.4) is 0 Å². The van der Waals surface area contributed by atoms with Crippen molar-refractivity contribution in [3.05, 3.63) is 99.5 Å². The molecule has 1 amide bonds. The lowest BCUT2D eigenvalue weighted by atomic mass is 9.98. The lowest BCUT2D eigenvalue weighted by Gasteiger charge is -2.38. The number of carbonyl (C=O) groups is 1. The summed E-state index contributed by atoms with van der Waals surface area (Å²) in [6.07, 6.45) is 2.47. The van der Waals surface area contributed by atoms with E-state index in [-0.39, 0.29) is 34.9 Å². The molecule has 1 fully saturated rings. The summed E-state index contributed by atoms with van der Waals surface area (Å²) in [6, 6.07) is 17.4. The van der Waals surface area contributed by atoms with Gasteiger partial charge in [0, 0.05) is 37.9 Å². The van der Waals surface area contributed by atoms with Crippen LogP contribution in [-0.4, -0.2) is 42.2 Å². The van der Waals surface area contributed by atoms with E-state index < -0.39 is 16.1 Å². The fraction of sp³-hybridized carbons (Fsp3) is 0.419. The highest BCUT2D eigenvalue weighted by molar-refractivity contribution is 7.89. The van der Waals surface area contributed by atoms with Gasteiger partial charge in [0.1, 0.15) is 6.04 Å². The number of rotatable bonds is 10. The van der Waals surface area contributed by atoms with Gasteiger partial charge in [-0.2, -0.15) is 4.31 Å². The average molecular weight is 565 g/mol. The van der Waals surface area contributed by atoms with Gasteiger partial charge in [0.2, 0.25) is 21.5 Å². The van der Waals surface area contributed by atoms with E-state index in [1.165, 1.54) is 15.9 Å². The van der Waals surface area contributed by atoms with Crippen LogP contribution in [0.1, 0.15) is 74.6 Å². The van der Waals surface area contributed by atoms with E-state index in [9.17, 15) is 18.0 Å². The number of H-pyrrole nitrogens is 1. The number of pyridine rings is 1. The van der Waals surface area contributed by atoms with Gasteiger partial charge in [0.25, 0.3) is 0 Å². The van der Waals surface area contributed by atoms with Crippen LogP contribution < -0.4 is 16.2 Å². The number of nitrogens with one attached hydrogen (secondary N) is 3. The van der Waals surface area contributed by atoms with Gasteiger partial charge in [0.15, 0.2) is 0 Å². The third kappa shape index (κ3) is 7.27. The molecule has 2 atom stereocenters. The van der Waals surface area contributed by atoms with Gasteiger partial charge in [-0.1, -0.05) is 64.1 Å². The van der Waals surface area contributed by atoms with E-state index in [0.29, 0.717) is 31.8 Å². The van der Waals surface area contributed by atoms with Crippen molar-refractivity contribution in [3.63, 3.8) is 0 Å². The quantitative estimate of drug-likeness (QED) is 0.341. The molecule has 2 heterocycles. The Hall–Kier alpha value is -3.27. The van der Waals surface area contributed by atoms with Crippen molar-refractivity contribution < 1.29 is 13.2 Å². The van der Waals surface area contributed by atoms with E-state index in [2.05, 4.69) is 55.4 Å². The molecule has 0 radical (unpaired) electrons. The molecule has 4 rings (SSSR count). The summed E-state index contributed by atoms with van der Waals surface area (Å²) in [5.74, 6) is 0.378. The minimum Gasteiger partial charge on any atom is -0.351 e. The minimum absolute atomic E-state index is 0.0878. The van der Waals surface area contributed by atoms with E-state index >= 15 is 0 Å². The van der Waals surface area contributed by atoms with Gasteiger partial charge < -0.3 is 15.6 Å². The molecule has 9 heteroatoms. The second-order valence-electron chi connectivity index (χ2n) is 11.1. The highest BCUT2D eigenvalue weighted by Gasteiger charge is 2.40. The van der Waals surface area contributed by atoms with Crippen LogP contribution in [0, 0.1) is 0 Å². The van der Waals surface area contributed by atoms with Crippen molar-refractivity contribution in [3.8, 4) is 0 Å². The van der Waals surface area contributed by atoms with Gasteiger partial charge >= 0.3 is 0 Å². The van der Waals surface area contributed by atoms with Gasteiger partial charge in [-0.25, -0.2) is 8.42 Å². The normalized spacial score (nSPS) is 18.2. The molecular formula is C31H40N4O4S. The molecule has 0 saturated carbocycles. The fourth-order valence-corrected chi connectivity index (χ4v) is 6.62. The smallest absolute Gasteiger partial charge is 0.248 e. The third-order valence-electron chi connectivity index (χ3n) is 7.56. The van der Waals surface area contributed by atoms with Crippen molar-refractivity contribution in [2.45, 2.75) is 82.4 Å². The Labute approximate surface area is 237 Å². The number of piperidine rings is 1. The number of hydrogen-bond acceptors (Lipinski definition) is 5. The van der Waals surface area contributed by atoms with Crippen LogP contribution >= 0.6 is 0 Å². The molecule has 0 spiro atoms. The zero-order valence-electron chi connectivity index (χ0n) is 23.7. The monoisotopic (exact) mass is 564 g/mol. The molecule has 0 bridgehead atoms. The van der Waals surface area contributed by atoms with Gasteiger partial charge in [0.05, 0.1) is 4.90 Å². The van der Waals surface area contributed by atoms with Gasteiger partial charge in [-0.3, -0.25) is 9.59 Å². The van der Waals surface area contributed by atoms with Crippen molar-refractivity contribution in [2.24, 2.45) is 0 Å². The van der Waals surface area contributed by atoms with E-state index in [1.807, 2.05) is 30.3 Å². The second-order valence-corrected chi connectivity index (χ2v) is 13.0. The Kier molecular flexibility index (Phi) is 9.60. The molecule has 8 nitrogen and oxygen atoms in total. The lowest BCUT2D eigenvalue weighted by Crippen LogP contribution is -2.56. The molecule has 3 N–H and O–H groups in total. The summed E-state index contributed by atoms with van der Waals surface area (Å²) < 4.78 is 28.9. The number of carbonyl (C=O) groups excluding carboxylic acids is 1. The summed E-state index contributed by atoms with van der Waals surface area (Å²) in [5.41, 5.74) is 3.88. The number of nitrogens with zero attached hydrogens (tertiary/aromatic N) is 1. The molecule has 214 valence electrons. The molecule has 40 heavy (non-hydrogen) atoms. The number of aromatic nitrogens is 1. The molecule has 1 aromatic heterocycles. The Morgan fingerprint density at radius 1 is 0.925 bits per heavy atom. The maximum atomic E-state index is 13.8. The van der Waals surface area contributed by atoms with Crippen LogP contribution in [0.25, 0.3) is 0 Å². The Bertz CT molecular complexity index is 1450. The summed E-state index contributed by atoms with van der Waals surface area (Å²) >= 11 is 0. The number of hydrogen-bond donors (Lipinski definition) is 3. The maximum Gasteiger partial charge on any atom is 0.248 e. The Morgan fingerprint density at radius 3 is 2.15 bits per heavy atom. The second kappa shape index (κ2) is 12.9. The lowest BCUT2D eigenvalue weighted by molar-refractivity contribution is -0.126. The van der Waals surface area contributed by atoms with Crippen LogP contribution in [0.2, 0.25) is 0 Å². The molecule has 3 aromatic rings. The van der Waals surface area contributed by atoms with E-state index in [0.717, 1.165) is 16.7 Å². The molecule has 1 saturated heterocycles. The number of sulfonamides is 1. The standard InChI is InChI=1S/C31H40N4O4S/c1-21(2)25-7-5-23(6-8-25)19-34-31(37)29-18-27(33-20-24-13-15-32-30(36)17-24)14-16-35(29)40(38,39)28-11-9-26(10-12-28)22(3)4/h5-13,15,17,21-22,27,29,33H,14,16,18-20H2,1-4H3,(H,32,36)(H,34,37)/t27-,29-/m1/s1. The Balaban J connectivity index is 1.52. The first-order valence-corrected chi connectivity index (χ1v) is 15.4. The fourth-order valence-electron chi connectivity index (χ4n) is 5.00. The molecule has 2 aromatic carbocycles. The minimum atomic E-state index is -3.89. The highest BCUT2D eigenvalue weighted by atomic mass is 32.2. The van der Waals surface area contributed by atoms with Crippen LogP contribution in [0.4, 0.5) is 0 Å². The summed E-state index contributed by atoms with van der Waals surface area (Å²) in [6.45, 7) is 9.36. The van der Waals surface area contributed by atoms with Gasteiger partial charge in [-0.05, 0) is 65.1 Å². The topological polar surface area (TPSA) is 111 Å². The van der Waals surface area contributed by atoms with Crippen molar-refractivity contribution in [2.75, 3.05) is 6.54 Å². The largest absolute Gasteiger partial charge is 0.351 e. The summed E-state index contributed by atoms with van der Waals surface area (Å²) in [5, 5.41) is 6.40. The van der Waals surface area contributed by atoms with Gasteiger partial charge in [-0.15, -0.1) is 0 Å². The average Bonchev–Trinajstić information content (AvgIpc) is 2.95. The first-order valence-electron chi connectivity index (χ1n) is 13.9. The first-order chi connectivity index (χ1) is 19.0. The van der Waals surface area contributed by atoms with Crippen molar-refractivity contribution in [1.29, 1.82) is 0 Å². The predicted octanol–water partition coefficient (Wildman–Crippen LogP) is 4.25. The number of amides is 1. The third-order valence-corrected chi connectivity index (χ3v) is 9.48. The van der Waals surface area contributed by atoms with Crippen molar-refractivity contribution >= 4 is 15.9 Å². The SMILES string of the molecule is CC(C)c1ccc(CNC(=O)[C@H]2C[C@H](NCc3cc[nH]c(=O)c3)CCN2S(=O)(=O)c2ccc(C(C)C)cc2)cc1. The van der Waals surface area contributed by atoms with Crippen molar-refractivity contribution in [1.82, 2.24) is 19.9 Å². The van der Waals surface area contributed by atoms with E-state index in [4.69, 9.17) is 0 Å². The van der Waals surface area contributed by atoms with Crippen LogP contribution in [0.5, 0.6) is 0 Å². The molecule has 1 aliphatic rings. The zero-order valence-corrected chi connectivity index (χ0v) is 24.5. The highest BCUT2D eigenvalue weighted by Crippen LogP contribution is 2.27. The van der Waals surface area contributed by atoms with Crippen LogP contribution in [-0.2, 0) is 27.9 Å². The number of benzene rings is 2. The molecule has 0 aliphatic carbocycles. The Morgan fingerprint density at radius 2 is 1.55 bits per heavy atom. The maximum absolute atomic E-state index is 13.8. The van der Waals surface area contributed by atoms with E-state index in [1.54, 1.807) is 18.3 Å². The zero-order chi connectivity index (χ0) is 28.9. The first kappa shape index (κ1) is 29.7. The molecular weight excluding hydrogens is 524 g/mol.